The van der Waals surface area contributed by atoms with Crippen LogP contribution < -0.4 is 11.1 Å². The fourth-order valence-corrected chi connectivity index (χ4v) is 2.51. The van der Waals surface area contributed by atoms with Gasteiger partial charge in [0.1, 0.15) is 0 Å². The van der Waals surface area contributed by atoms with E-state index in [1.54, 1.807) is 0 Å². The van der Waals surface area contributed by atoms with E-state index in [-0.39, 0.29) is 11.3 Å². The van der Waals surface area contributed by atoms with Crippen molar-refractivity contribution in [1.29, 1.82) is 0 Å². The Bertz CT molecular complexity index is 298. The van der Waals surface area contributed by atoms with Crippen LogP contribution in [0.1, 0.15) is 47.5 Å². The first-order valence-corrected chi connectivity index (χ1v) is 7.49. The molecule has 0 spiro atoms. The molecule has 19 heavy (non-hydrogen) atoms. The van der Waals surface area contributed by atoms with Crippen LogP contribution in [0.4, 0.5) is 0 Å². The van der Waals surface area contributed by atoms with Crippen LogP contribution in [-0.4, -0.2) is 42.5 Å². The minimum absolute atomic E-state index is 0.0376. The lowest BCUT2D eigenvalue weighted by Crippen LogP contribution is -2.52. The lowest BCUT2D eigenvalue weighted by Gasteiger charge is -2.36. The molecule has 0 aromatic heterocycles. The summed E-state index contributed by atoms with van der Waals surface area (Å²) in [6.07, 6.45) is 2.59. The van der Waals surface area contributed by atoms with Crippen LogP contribution >= 0.6 is 0 Å². The third-order valence-electron chi connectivity index (χ3n) is 4.10. The standard InChI is InChI=1S/C15H31N3O/c1-11-7-6-8-18(10-11)12(2)9-17-14(19)13(16)15(3,4)5/h11-13H,6-10,16H2,1-5H3,(H,17,19)/t11?,12?,13-/m1/s1. The van der Waals surface area contributed by atoms with Crippen molar-refractivity contribution >= 4 is 5.91 Å². The van der Waals surface area contributed by atoms with E-state index in [0.717, 1.165) is 19.0 Å². The number of amides is 1. The van der Waals surface area contributed by atoms with E-state index in [2.05, 4.69) is 24.1 Å². The highest BCUT2D eigenvalue weighted by Gasteiger charge is 2.28. The molecule has 0 aromatic carbocycles. The van der Waals surface area contributed by atoms with Crippen molar-refractivity contribution in [2.24, 2.45) is 17.1 Å². The zero-order valence-corrected chi connectivity index (χ0v) is 13.2. The minimum atomic E-state index is -0.444. The lowest BCUT2D eigenvalue weighted by molar-refractivity contribution is -0.124. The number of nitrogens with two attached hydrogens (primary N) is 1. The van der Waals surface area contributed by atoms with Crippen LogP contribution in [0.25, 0.3) is 0 Å². The first kappa shape index (κ1) is 16.4. The molecule has 1 fully saturated rings. The summed E-state index contributed by atoms with van der Waals surface area (Å²) in [5, 5.41) is 3.00. The number of carbonyl (C=O) groups is 1. The van der Waals surface area contributed by atoms with Crippen LogP contribution in [0, 0.1) is 11.3 Å². The molecular weight excluding hydrogens is 238 g/mol. The number of rotatable bonds is 4. The number of likely N-dealkylation sites (tertiary alicyclic amines) is 1. The average molecular weight is 269 g/mol. The minimum Gasteiger partial charge on any atom is -0.353 e. The Morgan fingerprint density at radius 3 is 2.63 bits per heavy atom. The Kier molecular flexibility index (Phi) is 5.81. The van der Waals surface area contributed by atoms with Gasteiger partial charge in [0.2, 0.25) is 5.91 Å². The summed E-state index contributed by atoms with van der Waals surface area (Å²) in [6, 6.07) is -0.0566. The molecule has 3 atom stereocenters. The average Bonchev–Trinajstić information content (AvgIpc) is 2.33. The highest BCUT2D eigenvalue weighted by molar-refractivity contribution is 5.82. The second-order valence-electron chi connectivity index (χ2n) is 7.18. The molecule has 0 aliphatic carbocycles. The van der Waals surface area contributed by atoms with Crippen molar-refractivity contribution in [1.82, 2.24) is 10.2 Å². The van der Waals surface area contributed by atoms with E-state index in [4.69, 9.17) is 5.73 Å². The Hall–Kier alpha value is -0.610. The van der Waals surface area contributed by atoms with E-state index in [0.29, 0.717) is 12.6 Å². The zero-order chi connectivity index (χ0) is 14.6. The molecule has 1 aliphatic rings. The molecule has 2 unspecified atom stereocenters. The molecule has 0 radical (unpaired) electrons. The molecule has 0 saturated carbocycles. The van der Waals surface area contributed by atoms with Gasteiger partial charge in [-0.3, -0.25) is 9.69 Å². The van der Waals surface area contributed by atoms with E-state index in [9.17, 15) is 4.79 Å². The van der Waals surface area contributed by atoms with Crippen molar-refractivity contribution < 1.29 is 4.79 Å². The molecule has 4 heteroatoms. The Morgan fingerprint density at radius 2 is 2.11 bits per heavy atom. The highest BCUT2D eigenvalue weighted by Crippen LogP contribution is 2.18. The molecule has 3 N–H and O–H groups in total. The van der Waals surface area contributed by atoms with Gasteiger partial charge in [-0.2, -0.15) is 0 Å². The predicted molar refractivity (Wildman–Crippen MR) is 79.9 cm³/mol. The maximum absolute atomic E-state index is 12.0. The normalized spacial score (nSPS) is 24.8. The molecule has 0 aromatic rings. The maximum atomic E-state index is 12.0. The van der Waals surface area contributed by atoms with Gasteiger partial charge in [-0.1, -0.05) is 27.7 Å². The van der Waals surface area contributed by atoms with Gasteiger partial charge in [0.05, 0.1) is 6.04 Å². The van der Waals surface area contributed by atoms with Gasteiger partial charge in [-0.25, -0.2) is 0 Å². The van der Waals surface area contributed by atoms with Crippen molar-refractivity contribution in [3.05, 3.63) is 0 Å². The van der Waals surface area contributed by atoms with Gasteiger partial charge < -0.3 is 11.1 Å². The number of carbonyl (C=O) groups excluding carboxylic acids is 1. The SMILES string of the molecule is CC1CCCN(C(C)CNC(=O)[C@@H](N)C(C)(C)C)C1. The van der Waals surface area contributed by atoms with E-state index in [1.807, 2.05) is 20.8 Å². The van der Waals surface area contributed by atoms with Gasteiger partial charge in [-0.05, 0) is 37.6 Å². The molecule has 1 amide bonds. The molecule has 1 aliphatic heterocycles. The summed E-state index contributed by atoms with van der Waals surface area (Å²) in [4.78, 5) is 14.5. The highest BCUT2D eigenvalue weighted by atomic mass is 16.2. The second kappa shape index (κ2) is 6.71. The predicted octanol–water partition coefficient (Wildman–Crippen LogP) is 1.60. The number of nitrogens with one attached hydrogen (secondary N) is 1. The van der Waals surface area contributed by atoms with Crippen LogP contribution in [-0.2, 0) is 4.79 Å². The monoisotopic (exact) mass is 269 g/mol. The topological polar surface area (TPSA) is 58.4 Å². The van der Waals surface area contributed by atoms with E-state index in [1.165, 1.54) is 12.8 Å². The first-order chi connectivity index (χ1) is 8.71. The van der Waals surface area contributed by atoms with Crippen LogP contribution in [0.15, 0.2) is 0 Å². The molecule has 1 saturated heterocycles. The molecule has 1 heterocycles. The molecule has 4 nitrogen and oxygen atoms in total. The van der Waals surface area contributed by atoms with Gasteiger partial charge >= 0.3 is 0 Å². The number of nitrogens with zero attached hydrogens (tertiary/aromatic N) is 1. The maximum Gasteiger partial charge on any atom is 0.237 e. The fraction of sp³-hybridized carbons (Fsp3) is 0.933. The number of hydrogen-bond acceptors (Lipinski definition) is 3. The van der Waals surface area contributed by atoms with Gasteiger partial charge in [0.25, 0.3) is 0 Å². The summed E-state index contributed by atoms with van der Waals surface area (Å²) in [6.45, 7) is 13.4. The smallest absolute Gasteiger partial charge is 0.237 e. The van der Waals surface area contributed by atoms with Crippen LogP contribution in [0.2, 0.25) is 0 Å². The Balaban J connectivity index is 2.37. The summed E-state index contributed by atoms with van der Waals surface area (Å²) in [5.74, 6) is 0.730. The summed E-state index contributed by atoms with van der Waals surface area (Å²) >= 11 is 0. The third-order valence-corrected chi connectivity index (χ3v) is 4.10. The quantitative estimate of drug-likeness (QED) is 0.815. The molecule has 112 valence electrons. The Morgan fingerprint density at radius 1 is 1.47 bits per heavy atom. The third kappa shape index (κ3) is 5.11. The number of hydrogen-bond donors (Lipinski definition) is 2. The Labute approximate surface area is 118 Å². The van der Waals surface area contributed by atoms with Crippen molar-refractivity contribution in [3.8, 4) is 0 Å². The summed E-state index contributed by atoms with van der Waals surface area (Å²) in [7, 11) is 0. The molecule has 1 rings (SSSR count). The molecule has 0 bridgehead atoms. The van der Waals surface area contributed by atoms with E-state index >= 15 is 0 Å². The summed E-state index contributed by atoms with van der Waals surface area (Å²) in [5.41, 5.74) is 5.77. The zero-order valence-electron chi connectivity index (χ0n) is 13.2. The van der Waals surface area contributed by atoms with Gasteiger partial charge in [0, 0.05) is 19.1 Å². The van der Waals surface area contributed by atoms with Crippen LogP contribution in [0.5, 0.6) is 0 Å². The number of piperidine rings is 1. The second-order valence-corrected chi connectivity index (χ2v) is 7.18. The first-order valence-electron chi connectivity index (χ1n) is 7.49. The molecular formula is C15H31N3O. The van der Waals surface area contributed by atoms with Crippen molar-refractivity contribution in [2.75, 3.05) is 19.6 Å². The van der Waals surface area contributed by atoms with Gasteiger partial charge in [-0.15, -0.1) is 0 Å². The van der Waals surface area contributed by atoms with Crippen molar-refractivity contribution in [2.45, 2.75) is 59.5 Å². The largest absolute Gasteiger partial charge is 0.353 e. The summed E-state index contributed by atoms with van der Waals surface area (Å²) < 4.78 is 0. The van der Waals surface area contributed by atoms with Crippen LogP contribution in [0.3, 0.4) is 0 Å². The van der Waals surface area contributed by atoms with Crippen molar-refractivity contribution in [3.63, 3.8) is 0 Å². The lowest BCUT2D eigenvalue weighted by atomic mass is 9.87. The van der Waals surface area contributed by atoms with E-state index < -0.39 is 6.04 Å². The van der Waals surface area contributed by atoms with Gasteiger partial charge in [0.15, 0.2) is 0 Å². The fourth-order valence-electron chi connectivity index (χ4n) is 2.51.